The summed E-state index contributed by atoms with van der Waals surface area (Å²) in [6.45, 7) is 8.60. The Morgan fingerprint density at radius 2 is 1.55 bits per heavy atom. The Balaban J connectivity index is 2.31. The molecule has 0 saturated heterocycles. The van der Waals surface area contributed by atoms with Gasteiger partial charge in [-0.05, 0) is 46.7 Å². The van der Waals surface area contributed by atoms with Gasteiger partial charge in [0, 0.05) is 4.47 Å². The summed E-state index contributed by atoms with van der Waals surface area (Å²) in [6.07, 6.45) is -0.583. The van der Waals surface area contributed by atoms with E-state index < -0.39 is 6.10 Å². The van der Waals surface area contributed by atoms with E-state index >= 15 is 0 Å². The van der Waals surface area contributed by atoms with Gasteiger partial charge in [-0.25, -0.2) is 0 Å². The van der Waals surface area contributed by atoms with Gasteiger partial charge in [0.2, 0.25) is 0 Å². The smallest absolute Gasteiger partial charge is 0.104 e. The quantitative estimate of drug-likeness (QED) is 0.807. The number of hydrogen-bond donors (Lipinski definition) is 1. The van der Waals surface area contributed by atoms with Gasteiger partial charge in [0.05, 0.1) is 0 Å². The molecule has 1 atom stereocenters. The first-order valence-corrected chi connectivity index (χ1v) is 7.62. The first-order valence-electron chi connectivity index (χ1n) is 6.83. The molecule has 0 saturated carbocycles. The molecule has 0 aliphatic heterocycles. The van der Waals surface area contributed by atoms with E-state index in [4.69, 9.17) is 0 Å². The van der Waals surface area contributed by atoms with Crippen molar-refractivity contribution < 1.29 is 5.11 Å². The summed E-state index contributed by atoms with van der Waals surface area (Å²) >= 11 is 3.48. The second kappa shape index (κ2) is 5.71. The fraction of sp³-hybridized carbons (Fsp3) is 0.333. The Kier molecular flexibility index (Phi) is 4.36. The maximum Gasteiger partial charge on any atom is 0.104 e. The van der Waals surface area contributed by atoms with Crippen molar-refractivity contribution in [1.29, 1.82) is 0 Å². The standard InChI is InChI=1S/C18H21BrO/c1-12-9-14(11-16(19)10-12)17(20)13-5-7-15(8-6-13)18(2,3)4/h5-11,17,20H,1-4H3. The van der Waals surface area contributed by atoms with Crippen LogP contribution in [0.2, 0.25) is 0 Å². The topological polar surface area (TPSA) is 20.2 Å². The molecule has 0 aromatic heterocycles. The highest BCUT2D eigenvalue weighted by Gasteiger charge is 2.15. The Bertz CT molecular complexity index is 574. The van der Waals surface area contributed by atoms with Gasteiger partial charge >= 0.3 is 0 Å². The molecule has 2 rings (SSSR count). The molecule has 0 radical (unpaired) electrons. The summed E-state index contributed by atoms with van der Waals surface area (Å²) in [5, 5.41) is 10.5. The summed E-state index contributed by atoms with van der Waals surface area (Å²) in [5.41, 5.74) is 4.39. The lowest BCUT2D eigenvalue weighted by Gasteiger charge is -2.20. The van der Waals surface area contributed by atoms with Crippen LogP contribution in [-0.2, 0) is 5.41 Å². The molecule has 0 amide bonds. The van der Waals surface area contributed by atoms with Crippen LogP contribution in [0.1, 0.15) is 49.1 Å². The minimum absolute atomic E-state index is 0.135. The third kappa shape index (κ3) is 3.50. The molecule has 0 aliphatic rings. The van der Waals surface area contributed by atoms with Crippen LogP contribution < -0.4 is 0 Å². The van der Waals surface area contributed by atoms with E-state index in [-0.39, 0.29) is 5.41 Å². The SMILES string of the molecule is Cc1cc(Br)cc(C(O)c2ccc(C(C)(C)C)cc2)c1. The summed E-state index contributed by atoms with van der Waals surface area (Å²) in [7, 11) is 0. The van der Waals surface area contributed by atoms with E-state index in [1.165, 1.54) is 5.56 Å². The normalized spacial score (nSPS) is 13.3. The molecule has 20 heavy (non-hydrogen) atoms. The predicted molar refractivity (Wildman–Crippen MR) is 88.1 cm³/mol. The van der Waals surface area contributed by atoms with Crippen LogP contribution in [0.5, 0.6) is 0 Å². The van der Waals surface area contributed by atoms with E-state index in [0.29, 0.717) is 0 Å². The molecule has 0 heterocycles. The van der Waals surface area contributed by atoms with Crippen molar-refractivity contribution in [3.05, 3.63) is 69.2 Å². The average Bonchev–Trinajstić information content (AvgIpc) is 2.36. The number of aliphatic hydroxyl groups excluding tert-OH is 1. The molecule has 1 N–H and O–H groups in total. The van der Waals surface area contributed by atoms with Crippen LogP contribution in [0.15, 0.2) is 46.9 Å². The van der Waals surface area contributed by atoms with E-state index in [0.717, 1.165) is 21.2 Å². The van der Waals surface area contributed by atoms with Gasteiger partial charge in [0.25, 0.3) is 0 Å². The maximum atomic E-state index is 10.5. The third-order valence-corrected chi connectivity index (χ3v) is 3.93. The Hall–Kier alpha value is -1.12. The first-order chi connectivity index (χ1) is 9.27. The zero-order valence-electron chi connectivity index (χ0n) is 12.4. The van der Waals surface area contributed by atoms with Gasteiger partial charge in [-0.3, -0.25) is 0 Å². The molecule has 0 spiro atoms. The van der Waals surface area contributed by atoms with Gasteiger partial charge in [-0.1, -0.05) is 67.0 Å². The van der Waals surface area contributed by atoms with Gasteiger partial charge in [0.15, 0.2) is 0 Å². The van der Waals surface area contributed by atoms with Crippen molar-refractivity contribution in [1.82, 2.24) is 0 Å². The Morgan fingerprint density at radius 3 is 2.05 bits per heavy atom. The molecule has 106 valence electrons. The van der Waals surface area contributed by atoms with Crippen LogP contribution >= 0.6 is 15.9 Å². The molecule has 2 aromatic carbocycles. The number of halogens is 1. The number of aliphatic hydroxyl groups is 1. The second-order valence-electron chi connectivity index (χ2n) is 6.34. The number of hydrogen-bond acceptors (Lipinski definition) is 1. The molecule has 1 nitrogen and oxygen atoms in total. The minimum Gasteiger partial charge on any atom is -0.384 e. The number of rotatable bonds is 2. The summed E-state index contributed by atoms with van der Waals surface area (Å²) in [5.74, 6) is 0. The minimum atomic E-state index is -0.583. The molecule has 2 aromatic rings. The van der Waals surface area contributed by atoms with Crippen molar-refractivity contribution >= 4 is 15.9 Å². The van der Waals surface area contributed by atoms with Crippen molar-refractivity contribution in [3.8, 4) is 0 Å². The van der Waals surface area contributed by atoms with E-state index in [2.05, 4.69) is 48.8 Å². The van der Waals surface area contributed by atoms with E-state index in [1.807, 2.05) is 37.3 Å². The lowest BCUT2D eigenvalue weighted by Crippen LogP contribution is -2.11. The van der Waals surface area contributed by atoms with Crippen LogP contribution in [0.3, 0.4) is 0 Å². The predicted octanol–water partition coefficient (Wildman–Crippen LogP) is 5.14. The van der Waals surface area contributed by atoms with Gasteiger partial charge in [-0.2, -0.15) is 0 Å². The summed E-state index contributed by atoms with van der Waals surface area (Å²) in [4.78, 5) is 0. The van der Waals surface area contributed by atoms with E-state index in [9.17, 15) is 5.11 Å². The van der Waals surface area contributed by atoms with Gasteiger partial charge in [0.1, 0.15) is 6.10 Å². The Labute approximate surface area is 129 Å². The third-order valence-electron chi connectivity index (χ3n) is 3.47. The molecule has 0 bridgehead atoms. The number of benzene rings is 2. The Morgan fingerprint density at radius 1 is 0.950 bits per heavy atom. The largest absolute Gasteiger partial charge is 0.384 e. The van der Waals surface area contributed by atoms with Crippen molar-refractivity contribution in [2.75, 3.05) is 0 Å². The number of aryl methyl sites for hydroxylation is 1. The lowest BCUT2D eigenvalue weighted by molar-refractivity contribution is 0.220. The van der Waals surface area contributed by atoms with Crippen molar-refractivity contribution in [3.63, 3.8) is 0 Å². The van der Waals surface area contributed by atoms with Gasteiger partial charge in [-0.15, -0.1) is 0 Å². The second-order valence-corrected chi connectivity index (χ2v) is 7.25. The highest BCUT2D eigenvalue weighted by atomic mass is 79.9. The summed E-state index contributed by atoms with van der Waals surface area (Å²) < 4.78 is 0.998. The highest BCUT2D eigenvalue weighted by Crippen LogP contribution is 2.28. The average molecular weight is 333 g/mol. The van der Waals surface area contributed by atoms with Gasteiger partial charge < -0.3 is 5.11 Å². The fourth-order valence-corrected chi connectivity index (χ4v) is 2.91. The van der Waals surface area contributed by atoms with Crippen molar-refractivity contribution in [2.45, 2.75) is 39.2 Å². The molecule has 1 unspecified atom stereocenters. The zero-order valence-corrected chi connectivity index (χ0v) is 14.0. The molecular weight excluding hydrogens is 312 g/mol. The molecule has 0 aliphatic carbocycles. The fourth-order valence-electron chi connectivity index (χ4n) is 2.28. The van der Waals surface area contributed by atoms with Crippen LogP contribution in [0.25, 0.3) is 0 Å². The van der Waals surface area contributed by atoms with Crippen LogP contribution in [0, 0.1) is 6.92 Å². The lowest BCUT2D eigenvalue weighted by atomic mass is 9.86. The first kappa shape index (κ1) is 15.3. The molecule has 0 fully saturated rings. The van der Waals surface area contributed by atoms with Crippen LogP contribution in [0.4, 0.5) is 0 Å². The highest BCUT2D eigenvalue weighted by molar-refractivity contribution is 9.10. The maximum absolute atomic E-state index is 10.5. The van der Waals surface area contributed by atoms with Crippen molar-refractivity contribution in [2.24, 2.45) is 0 Å². The molecular formula is C18H21BrO. The summed E-state index contributed by atoms with van der Waals surface area (Å²) in [6, 6.07) is 14.3. The van der Waals surface area contributed by atoms with E-state index in [1.54, 1.807) is 0 Å². The molecule has 2 heteroatoms. The van der Waals surface area contributed by atoms with Crippen LogP contribution in [-0.4, -0.2) is 5.11 Å². The zero-order chi connectivity index (χ0) is 14.9. The monoisotopic (exact) mass is 332 g/mol.